The third-order valence-electron chi connectivity index (χ3n) is 12.0. The minimum atomic E-state index is -3.38. The van der Waals surface area contributed by atoms with Gasteiger partial charge in [0.15, 0.2) is 0 Å². The molecule has 64 heavy (non-hydrogen) atoms. The van der Waals surface area contributed by atoms with E-state index < -0.39 is 31.9 Å². The Morgan fingerprint density at radius 2 is 1.34 bits per heavy atom. The molecule has 0 bridgehead atoms. The Hall–Kier alpha value is -5.57. The van der Waals surface area contributed by atoms with Gasteiger partial charge in [-0.1, -0.05) is 179 Å². The second-order valence-electron chi connectivity index (χ2n) is 18.6. The summed E-state index contributed by atoms with van der Waals surface area (Å²) in [6.45, 7) is 8.48. The first-order valence-electron chi connectivity index (χ1n) is 26.7. The van der Waals surface area contributed by atoms with E-state index in [0.29, 0.717) is 39.3 Å². The molecule has 8 aromatic rings. The maximum Gasteiger partial charge on any atom is 0.148 e. The van der Waals surface area contributed by atoms with Gasteiger partial charge >= 0.3 is 0 Å². The van der Waals surface area contributed by atoms with Crippen LogP contribution in [0.3, 0.4) is 0 Å². The summed E-state index contributed by atoms with van der Waals surface area (Å²) in [4.78, 5) is 10.3. The third kappa shape index (κ3) is 9.18. The van der Waals surface area contributed by atoms with Crippen molar-refractivity contribution in [3.8, 4) is 67.5 Å². The van der Waals surface area contributed by atoms with E-state index in [1.807, 2.05) is 62.4 Å². The Balaban J connectivity index is 0.00000800. The van der Waals surface area contributed by atoms with Gasteiger partial charge in [0, 0.05) is 52.4 Å². The van der Waals surface area contributed by atoms with Gasteiger partial charge in [-0.25, -0.2) is 4.98 Å². The number of aromatic hydroxyl groups is 1. The van der Waals surface area contributed by atoms with Crippen molar-refractivity contribution in [1.29, 1.82) is 0 Å². The van der Waals surface area contributed by atoms with Crippen molar-refractivity contribution in [3.05, 3.63) is 167 Å². The molecule has 0 fully saturated rings. The number of rotatable bonds is 9. The van der Waals surface area contributed by atoms with Crippen LogP contribution < -0.4 is 0 Å². The molecule has 0 amide bonds. The molecule has 1 N–H and O–H groups in total. The van der Waals surface area contributed by atoms with E-state index in [-0.39, 0.29) is 49.6 Å². The molecule has 0 aliphatic heterocycles. The Morgan fingerprint density at radius 1 is 0.625 bits per heavy atom. The predicted octanol–water partition coefficient (Wildman–Crippen LogP) is 16.2. The summed E-state index contributed by atoms with van der Waals surface area (Å²) >= 11 is 0. The normalized spacial score (nSPS) is 15.2. The first-order valence-corrected chi connectivity index (χ1v) is 21.7. The molecule has 8 rings (SSSR count). The number of aromatic nitrogens is 3. The Kier molecular flexibility index (Phi) is 9.85. The number of fused-ring (bicyclic) bond motifs is 1. The summed E-state index contributed by atoms with van der Waals surface area (Å²) in [5.41, 5.74) is 8.85. The Morgan fingerprint density at radius 3 is 2.00 bits per heavy atom. The number of imidazole rings is 1. The first kappa shape index (κ1) is 34.8. The van der Waals surface area contributed by atoms with Crippen LogP contribution in [0.4, 0.5) is 0 Å². The summed E-state index contributed by atoms with van der Waals surface area (Å²) in [5.74, 6) is -0.0855. The van der Waals surface area contributed by atoms with Crippen molar-refractivity contribution in [2.45, 2.75) is 111 Å². The number of phenols is 1. The van der Waals surface area contributed by atoms with Gasteiger partial charge in [-0.3, -0.25) is 9.55 Å². The maximum absolute atomic E-state index is 12.3. The number of hydrogen-bond donors (Lipinski definition) is 1. The fourth-order valence-electron chi connectivity index (χ4n) is 8.29. The largest absolute Gasteiger partial charge is 0.507 e. The van der Waals surface area contributed by atoms with E-state index in [1.54, 1.807) is 24.4 Å². The first-order chi connectivity index (χ1) is 33.9. The van der Waals surface area contributed by atoms with Gasteiger partial charge in [0.05, 0.1) is 16.6 Å². The zero-order valence-corrected chi connectivity index (χ0v) is 40.2. The molecule has 0 aliphatic carbocycles. The van der Waals surface area contributed by atoms with Gasteiger partial charge in [-0.2, -0.15) is 0 Å². The second-order valence-corrected chi connectivity index (χ2v) is 18.6. The fourth-order valence-corrected chi connectivity index (χ4v) is 8.29. The number of hydrogen-bond acceptors (Lipinski definition) is 3. The van der Waals surface area contributed by atoms with Crippen molar-refractivity contribution >= 4 is 11.0 Å². The van der Waals surface area contributed by atoms with Crippen LogP contribution in [0, 0.1) is 6.07 Å². The minimum Gasteiger partial charge on any atom is -0.507 e. The molecule has 4 nitrogen and oxygen atoms in total. The van der Waals surface area contributed by atoms with Crippen LogP contribution in [-0.2, 0) is 31.9 Å². The van der Waals surface area contributed by atoms with E-state index in [2.05, 4.69) is 108 Å². The Bertz CT molecular complexity index is 3310. The zero-order valence-electron chi connectivity index (χ0n) is 48.0. The third-order valence-corrected chi connectivity index (χ3v) is 12.0. The molecular weight excluding hydrogens is 962 g/mol. The van der Waals surface area contributed by atoms with Crippen molar-refractivity contribution in [2.24, 2.45) is 0 Å². The molecule has 0 spiro atoms. The predicted molar refractivity (Wildman–Crippen MR) is 266 cm³/mol. The topological polar surface area (TPSA) is 50.9 Å². The van der Waals surface area contributed by atoms with Crippen LogP contribution >= 0.6 is 0 Å². The standard InChI is InChI=1S/C59H62N3O.Pt/c1-36(2)42-32-51(38(5)6)56(63)52(33-42)57-61-55-49(19-16-20-54(55)62(57)47-25-26-48(50(35-47)37(3)4)40-17-14-13-15-18-40)43-29-44(31-46(30-43)59(10,11)12)53-34-41(27-28-60-53)39-21-23-45(24-22-39)58(7,8)9;/h13-28,30-38,63H,1-12H3;/q-1;/i7D3,8D3,9D3,37D;. The van der Waals surface area contributed by atoms with E-state index in [9.17, 15) is 6.48 Å². The molecule has 0 unspecified atom stereocenters. The van der Waals surface area contributed by atoms with Crippen molar-refractivity contribution in [1.82, 2.24) is 14.5 Å². The minimum absolute atomic E-state index is 0. The molecule has 5 heteroatoms. The van der Waals surface area contributed by atoms with Crippen LogP contribution in [0.1, 0.15) is 142 Å². The summed E-state index contributed by atoms with van der Waals surface area (Å²) in [5, 5.41) is 12.3. The number of phenolic OH excluding ortho intramolecular Hbond substituents is 1. The summed E-state index contributed by atoms with van der Waals surface area (Å²) in [7, 11) is 0. The smallest absolute Gasteiger partial charge is 0.148 e. The van der Waals surface area contributed by atoms with Gasteiger partial charge < -0.3 is 5.11 Å². The molecule has 330 valence electrons. The quantitative estimate of drug-likeness (QED) is 0.147. The number of benzene rings is 6. The van der Waals surface area contributed by atoms with Crippen LogP contribution in [-0.4, -0.2) is 19.6 Å². The SMILES string of the molecule is [2H]C(C)(C)c1cc(-n2c(-c3cc(C(C)C)cc(C(C)C)c3O)nc3c(-c4[c-]c(-c5cc(-c6ccc(C(C([2H])([2H])[2H])(C([2H])([2H])[2H])C([2H])([2H])[2H])cc6)ccn5)cc(C(C)(C)C)c4)cccc32)ccc1-c1ccccc1.[Pt]. The average molecular weight is 1030 g/mol. The van der Waals surface area contributed by atoms with Crippen LogP contribution in [0.2, 0.25) is 0 Å². The molecule has 0 aliphatic rings. The van der Waals surface area contributed by atoms with Crippen molar-refractivity contribution in [2.75, 3.05) is 0 Å². The summed E-state index contributed by atoms with van der Waals surface area (Å²) < 4.78 is 85.2. The molecule has 0 saturated carbocycles. The zero-order chi connectivity index (χ0) is 53.4. The van der Waals surface area contributed by atoms with E-state index in [4.69, 9.17) is 22.3 Å². The number of pyridine rings is 1. The van der Waals surface area contributed by atoms with E-state index >= 15 is 0 Å². The Labute approximate surface area is 410 Å². The van der Waals surface area contributed by atoms with Crippen LogP contribution in [0.25, 0.3) is 72.7 Å². The van der Waals surface area contributed by atoms with Gasteiger partial charge in [-0.05, 0) is 103 Å². The number of nitrogens with zero attached hydrogens (tertiary/aromatic N) is 3. The van der Waals surface area contributed by atoms with Crippen LogP contribution in [0.5, 0.6) is 5.75 Å². The van der Waals surface area contributed by atoms with Gasteiger partial charge in [0.25, 0.3) is 0 Å². The van der Waals surface area contributed by atoms with Crippen molar-refractivity contribution < 1.29 is 39.9 Å². The molecule has 2 aromatic heterocycles. The molecule has 6 aromatic carbocycles. The molecule has 2 heterocycles. The second kappa shape index (κ2) is 18.1. The van der Waals surface area contributed by atoms with Gasteiger partial charge in [0.1, 0.15) is 11.6 Å². The molecule has 0 radical (unpaired) electrons. The summed E-state index contributed by atoms with van der Waals surface area (Å²) in [6, 6.07) is 43.6. The molecule has 0 atom stereocenters. The van der Waals surface area contributed by atoms with Gasteiger partial charge in [-0.15, -0.1) is 29.3 Å². The summed E-state index contributed by atoms with van der Waals surface area (Å²) in [6.07, 6.45) is 1.65. The average Bonchev–Trinajstić information content (AvgIpc) is 3.69. The van der Waals surface area contributed by atoms with Gasteiger partial charge in [0.2, 0.25) is 0 Å². The molecular formula is C59H62N3OPt-. The fraction of sp³-hybridized carbons (Fsp3) is 0.288. The maximum atomic E-state index is 12.3. The van der Waals surface area contributed by atoms with Crippen LogP contribution in [0.15, 0.2) is 134 Å². The monoisotopic (exact) mass is 1030 g/mol. The number of para-hydroxylation sites is 1. The van der Waals surface area contributed by atoms with E-state index in [1.165, 1.54) is 12.1 Å². The molecule has 0 saturated heterocycles. The van der Waals surface area contributed by atoms with Crippen molar-refractivity contribution in [3.63, 3.8) is 0 Å². The van der Waals surface area contributed by atoms with E-state index in [0.717, 1.165) is 55.7 Å².